The second-order valence-corrected chi connectivity index (χ2v) is 5.65. The lowest BCUT2D eigenvalue weighted by atomic mass is 9.85. The molecule has 1 atom stereocenters. The fraction of sp³-hybridized carbons (Fsp3) is 0.471. The van der Waals surface area contributed by atoms with E-state index < -0.39 is 0 Å². The molecule has 2 aromatic rings. The number of benzene rings is 1. The Morgan fingerprint density at radius 2 is 1.85 bits per heavy atom. The monoisotopic (exact) mass is 271 g/mol. The number of aromatic nitrogens is 2. The van der Waals surface area contributed by atoms with Crippen molar-refractivity contribution in [3.8, 4) is 0 Å². The summed E-state index contributed by atoms with van der Waals surface area (Å²) < 4.78 is 2.07. The average Bonchev–Trinajstić information content (AvgIpc) is 2.79. The molecule has 0 bridgehead atoms. The van der Waals surface area contributed by atoms with Crippen molar-refractivity contribution in [3.63, 3.8) is 0 Å². The molecule has 1 aromatic heterocycles. The minimum absolute atomic E-state index is 0.208. The standard InChI is InChI=1S/C17H25N3/c1-4-17(18,12-15-9-7-6-8-10-15)13-16-11-14(3)19-20(16)5-2/h6-11H,4-5,12-13,18H2,1-3H3. The van der Waals surface area contributed by atoms with E-state index in [1.807, 2.05) is 13.0 Å². The summed E-state index contributed by atoms with van der Waals surface area (Å²) in [5.74, 6) is 0. The molecule has 0 spiro atoms. The molecule has 0 amide bonds. The average molecular weight is 271 g/mol. The third-order valence-corrected chi connectivity index (χ3v) is 3.92. The van der Waals surface area contributed by atoms with Crippen molar-refractivity contribution in [1.82, 2.24) is 9.78 Å². The van der Waals surface area contributed by atoms with Gasteiger partial charge in [0.25, 0.3) is 0 Å². The van der Waals surface area contributed by atoms with Crippen molar-refractivity contribution in [2.75, 3.05) is 0 Å². The van der Waals surface area contributed by atoms with Crippen LogP contribution in [0.4, 0.5) is 0 Å². The van der Waals surface area contributed by atoms with Crippen molar-refractivity contribution in [3.05, 3.63) is 53.3 Å². The summed E-state index contributed by atoms with van der Waals surface area (Å²) in [4.78, 5) is 0. The highest BCUT2D eigenvalue weighted by molar-refractivity contribution is 5.20. The lowest BCUT2D eigenvalue weighted by molar-refractivity contribution is 0.390. The largest absolute Gasteiger partial charge is 0.324 e. The Morgan fingerprint density at radius 3 is 2.45 bits per heavy atom. The van der Waals surface area contributed by atoms with Crippen LogP contribution >= 0.6 is 0 Å². The Hall–Kier alpha value is -1.61. The lowest BCUT2D eigenvalue weighted by Gasteiger charge is -2.28. The summed E-state index contributed by atoms with van der Waals surface area (Å²) >= 11 is 0. The van der Waals surface area contributed by atoms with E-state index in [0.717, 1.165) is 31.5 Å². The van der Waals surface area contributed by atoms with Crippen molar-refractivity contribution < 1.29 is 0 Å². The van der Waals surface area contributed by atoms with Crippen LogP contribution in [0.15, 0.2) is 36.4 Å². The SMILES string of the molecule is CCn1nc(C)cc1CC(N)(CC)Cc1ccccc1. The Balaban J connectivity index is 2.18. The van der Waals surface area contributed by atoms with Crippen molar-refractivity contribution in [1.29, 1.82) is 0 Å². The van der Waals surface area contributed by atoms with Gasteiger partial charge in [-0.2, -0.15) is 5.10 Å². The van der Waals surface area contributed by atoms with Crippen LogP contribution in [0.5, 0.6) is 0 Å². The van der Waals surface area contributed by atoms with E-state index in [0.29, 0.717) is 0 Å². The molecular weight excluding hydrogens is 246 g/mol. The molecule has 1 heterocycles. The van der Waals surface area contributed by atoms with Gasteiger partial charge in [-0.1, -0.05) is 37.3 Å². The maximum absolute atomic E-state index is 6.65. The van der Waals surface area contributed by atoms with Gasteiger partial charge >= 0.3 is 0 Å². The Labute approximate surface area is 121 Å². The quantitative estimate of drug-likeness (QED) is 0.877. The molecule has 0 saturated heterocycles. The van der Waals surface area contributed by atoms with E-state index in [1.165, 1.54) is 11.3 Å². The number of nitrogens with zero attached hydrogens (tertiary/aromatic N) is 2. The molecule has 0 radical (unpaired) electrons. The van der Waals surface area contributed by atoms with E-state index in [9.17, 15) is 0 Å². The molecule has 0 aliphatic heterocycles. The van der Waals surface area contributed by atoms with Crippen LogP contribution in [0.2, 0.25) is 0 Å². The van der Waals surface area contributed by atoms with Gasteiger partial charge < -0.3 is 5.73 Å². The first-order valence-corrected chi connectivity index (χ1v) is 7.42. The first-order valence-electron chi connectivity index (χ1n) is 7.42. The second kappa shape index (κ2) is 6.23. The summed E-state index contributed by atoms with van der Waals surface area (Å²) in [6, 6.07) is 12.7. The van der Waals surface area contributed by atoms with Gasteiger partial charge in [0.05, 0.1) is 5.69 Å². The fourth-order valence-electron chi connectivity index (χ4n) is 2.69. The molecule has 1 unspecified atom stereocenters. The van der Waals surface area contributed by atoms with E-state index in [1.54, 1.807) is 0 Å². The third kappa shape index (κ3) is 3.48. The minimum Gasteiger partial charge on any atom is -0.324 e. The van der Waals surface area contributed by atoms with Crippen LogP contribution in [-0.2, 0) is 19.4 Å². The van der Waals surface area contributed by atoms with Gasteiger partial charge in [0, 0.05) is 24.2 Å². The van der Waals surface area contributed by atoms with Crippen molar-refractivity contribution >= 4 is 0 Å². The van der Waals surface area contributed by atoms with E-state index in [2.05, 4.69) is 54.0 Å². The highest BCUT2D eigenvalue weighted by Gasteiger charge is 2.25. The Kier molecular flexibility index (Phi) is 4.61. The predicted molar refractivity (Wildman–Crippen MR) is 83.7 cm³/mol. The van der Waals surface area contributed by atoms with Crippen LogP contribution in [0.1, 0.15) is 37.2 Å². The maximum atomic E-state index is 6.65. The summed E-state index contributed by atoms with van der Waals surface area (Å²) in [6.45, 7) is 7.23. The van der Waals surface area contributed by atoms with Gasteiger partial charge in [-0.15, -0.1) is 0 Å². The van der Waals surface area contributed by atoms with Crippen LogP contribution < -0.4 is 5.73 Å². The minimum atomic E-state index is -0.208. The molecule has 0 aliphatic carbocycles. The number of nitrogens with two attached hydrogens (primary N) is 1. The molecule has 1 aromatic carbocycles. The Morgan fingerprint density at radius 1 is 1.15 bits per heavy atom. The topological polar surface area (TPSA) is 43.8 Å². The Bertz CT molecular complexity index is 545. The molecule has 2 N–H and O–H groups in total. The summed E-state index contributed by atoms with van der Waals surface area (Å²) in [6.07, 6.45) is 2.72. The van der Waals surface area contributed by atoms with Crippen LogP contribution in [0, 0.1) is 6.92 Å². The molecule has 0 fully saturated rings. The van der Waals surface area contributed by atoms with Gasteiger partial charge in [-0.25, -0.2) is 0 Å². The zero-order chi connectivity index (χ0) is 14.6. The number of rotatable bonds is 6. The van der Waals surface area contributed by atoms with Gasteiger partial charge in [0.15, 0.2) is 0 Å². The third-order valence-electron chi connectivity index (χ3n) is 3.92. The van der Waals surface area contributed by atoms with Crippen molar-refractivity contribution in [2.45, 2.75) is 52.1 Å². The summed E-state index contributed by atoms with van der Waals surface area (Å²) in [5, 5.41) is 4.52. The van der Waals surface area contributed by atoms with E-state index >= 15 is 0 Å². The normalized spacial score (nSPS) is 14.2. The van der Waals surface area contributed by atoms with Gasteiger partial charge in [0.1, 0.15) is 0 Å². The summed E-state index contributed by atoms with van der Waals surface area (Å²) in [5.41, 5.74) is 10.1. The highest BCUT2D eigenvalue weighted by atomic mass is 15.3. The second-order valence-electron chi connectivity index (χ2n) is 5.65. The first kappa shape index (κ1) is 14.8. The molecule has 0 saturated carbocycles. The van der Waals surface area contributed by atoms with Gasteiger partial charge in [-0.05, 0) is 38.3 Å². The van der Waals surface area contributed by atoms with E-state index in [-0.39, 0.29) is 5.54 Å². The van der Waals surface area contributed by atoms with E-state index in [4.69, 9.17) is 5.73 Å². The zero-order valence-electron chi connectivity index (χ0n) is 12.8. The molecule has 3 heteroatoms. The highest BCUT2D eigenvalue weighted by Crippen LogP contribution is 2.21. The smallest absolute Gasteiger partial charge is 0.0596 e. The summed E-state index contributed by atoms with van der Waals surface area (Å²) in [7, 11) is 0. The number of hydrogen-bond acceptors (Lipinski definition) is 2. The first-order chi connectivity index (χ1) is 9.56. The molecule has 3 nitrogen and oxygen atoms in total. The van der Waals surface area contributed by atoms with Gasteiger partial charge in [-0.3, -0.25) is 4.68 Å². The fourth-order valence-corrected chi connectivity index (χ4v) is 2.69. The zero-order valence-corrected chi connectivity index (χ0v) is 12.8. The van der Waals surface area contributed by atoms with Crippen molar-refractivity contribution in [2.24, 2.45) is 5.73 Å². The van der Waals surface area contributed by atoms with Crippen LogP contribution in [0.3, 0.4) is 0 Å². The molecule has 20 heavy (non-hydrogen) atoms. The number of aryl methyl sites for hydroxylation is 2. The molecule has 108 valence electrons. The van der Waals surface area contributed by atoms with Crippen LogP contribution in [0.25, 0.3) is 0 Å². The lowest BCUT2D eigenvalue weighted by Crippen LogP contribution is -2.44. The predicted octanol–water partition coefficient (Wildman–Crippen LogP) is 3.10. The van der Waals surface area contributed by atoms with Crippen LogP contribution in [-0.4, -0.2) is 15.3 Å². The molecule has 0 aliphatic rings. The van der Waals surface area contributed by atoms with Gasteiger partial charge in [0.2, 0.25) is 0 Å². The number of hydrogen-bond donors (Lipinski definition) is 1. The maximum Gasteiger partial charge on any atom is 0.0596 e. The molecule has 2 rings (SSSR count). The molecular formula is C17H25N3.